The van der Waals surface area contributed by atoms with Gasteiger partial charge in [-0.15, -0.1) is 6.61 Å². The van der Waals surface area contributed by atoms with Crippen molar-refractivity contribution >= 4 is 0 Å². The summed E-state index contributed by atoms with van der Waals surface area (Å²) >= 11 is 0. The quantitative estimate of drug-likeness (QED) is 0.466. The van der Waals surface area contributed by atoms with Crippen LogP contribution in [0.15, 0.2) is 0 Å². The number of likely N-dealkylation sites (N-methyl/N-ethyl adjacent to an activating group) is 1. The molecular formula is C15H29KN2O3. The van der Waals surface area contributed by atoms with Crippen molar-refractivity contribution in [3.8, 4) is 0 Å². The summed E-state index contributed by atoms with van der Waals surface area (Å²) in [5, 5.41) is 11.6. The molecule has 21 heavy (non-hydrogen) atoms. The van der Waals surface area contributed by atoms with Gasteiger partial charge in [-0.3, -0.25) is 9.80 Å². The summed E-state index contributed by atoms with van der Waals surface area (Å²) in [6, 6.07) is 0. The molecule has 118 valence electrons. The first kappa shape index (κ1) is 20.5. The summed E-state index contributed by atoms with van der Waals surface area (Å²) in [5.41, 5.74) is -0.168. The van der Waals surface area contributed by atoms with Crippen molar-refractivity contribution in [2.24, 2.45) is 0 Å². The Morgan fingerprint density at radius 3 is 2.67 bits per heavy atom. The average Bonchev–Trinajstić information content (AvgIpc) is 2.77. The third-order valence-corrected chi connectivity index (χ3v) is 4.74. The van der Waals surface area contributed by atoms with Crippen molar-refractivity contribution in [2.75, 3.05) is 59.7 Å². The van der Waals surface area contributed by atoms with Gasteiger partial charge in [0.15, 0.2) is 0 Å². The standard InChI is InChI=1S/C15H29N2O3.K/c1-3-4-15(13-18)11-14(12-16(15)2)20-10-7-17-5-8-19-9-6-17;/h14H,3-13H2,1-2H3;/q-1;+1. The molecule has 0 N–H and O–H groups in total. The predicted octanol–water partition coefficient (Wildman–Crippen LogP) is -3.06. The van der Waals surface area contributed by atoms with Gasteiger partial charge in [0.05, 0.1) is 25.9 Å². The number of hydrogen-bond donors (Lipinski definition) is 0. The van der Waals surface area contributed by atoms with Gasteiger partial charge in [-0.25, -0.2) is 0 Å². The number of hydrogen-bond acceptors (Lipinski definition) is 5. The van der Waals surface area contributed by atoms with Crippen LogP contribution in [0.3, 0.4) is 0 Å². The molecule has 2 heterocycles. The van der Waals surface area contributed by atoms with Crippen molar-refractivity contribution < 1.29 is 66.0 Å². The largest absolute Gasteiger partial charge is 1.00 e. The van der Waals surface area contributed by atoms with E-state index in [1.165, 1.54) is 0 Å². The van der Waals surface area contributed by atoms with E-state index < -0.39 is 0 Å². The van der Waals surface area contributed by atoms with Gasteiger partial charge in [0.2, 0.25) is 0 Å². The summed E-state index contributed by atoms with van der Waals surface area (Å²) in [6.07, 6.45) is 3.16. The van der Waals surface area contributed by atoms with Crippen molar-refractivity contribution in [3.05, 3.63) is 0 Å². The van der Waals surface area contributed by atoms with E-state index in [4.69, 9.17) is 9.47 Å². The molecule has 2 atom stereocenters. The molecular weight excluding hydrogens is 295 g/mol. The van der Waals surface area contributed by atoms with Gasteiger partial charge in [0.25, 0.3) is 0 Å². The second-order valence-electron chi connectivity index (χ2n) is 6.15. The molecule has 2 unspecified atom stereocenters. The van der Waals surface area contributed by atoms with Crippen LogP contribution in [0.1, 0.15) is 26.2 Å². The van der Waals surface area contributed by atoms with E-state index in [0.717, 1.165) is 65.3 Å². The summed E-state index contributed by atoms with van der Waals surface area (Å²) in [7, 11) is 2.07. The number of rotatable bonds is 7. The summed E-state index contributed by atoms with van der Waals surface area (Å²) in [5.74, 6) is 0. The molecule has 0 radical (unpaired) electrons. The zero-order chi connectivity index (χ0) is 14.4. The molecule has 0 bridgehead atoms. The normalized spacial score (nSPS) is 31.3. The molecule has 0 aromatic heterocycles. The van der Waals surface area contributed by atoms with Crippen molar-refractivity contribution in [3.63, 3.8) is 0 Å². The van der Waals surface area contributed by atoms with Crippen LogP contribution in [0, 0.1) is 0 Å². The minimum absolute atomic E-state index is 0. The van der Waals surface area contributed by atoms with Gasteiger partial charge in [-0.2, -0.15) is 0 Å². The van der Waals surface area contributed by atoms with Crippen LogP contribution in [0.4, 0.5) is 0 Å². The number of likely N-dealkylation sites (tertiary alicyclic amines) is 1. The van der Waals surface area contributed by atoms with Gasteiger partial charge < -0.3 is 14.6 Å². The van der Waals surface area contributed by atoms with E-state index >= 15 is 0 Å². The fourth-order valence-corrected chi connectivity index (χ4v) is 3.43. The molecule has 2 aliphatic heterocycles. The second-order valence-corrected chi connectivity index (χ2v) is 6.15. The van der Waals surface area contributed by atoms with Crippen LogP contribution in [0.25, 0.3) is 0 Å². The van der Waals surface area contributed by atoms with Crippen LogP contribution in [0.5, 0.6) is 0 Å². The Morgan fingerprint density at radius 2 is 2.05 bits per heavy atom. The number of ether oxygens (including phenoxy) is 2. The van der Waals surface area contributed by atoms with Crippen molar-refractivity contribution in [1.82, 2.24) is 9.80 Å². The first-order valence-electron chi connectivity index (χ1n) is 7.91. The predicted molar refractivity (Wildman–Crippen MR) is 76.8 cm³/mol. The minimum atomic E-state index is -0.168. The smallest absolute Gasteiger partial charge is 0.853 e. The molecule has 2 saturated heterocycles. The SMILES string of the molecule is CCCC1(C[O-])CC(OCCN2CCOCC2)CN1C.[K+]. The van der Waals surface area contributed by atoms with Crippen LogP contribution in [0.2, 0.25) is 0 Å². The first-order chi connectivity index (χ1) is 9.70. The topological polar surface area (TPSA) is 48.0 Å². The zero-order valence-electron chi connectivity index (χ0n) is 14.0. The first-order valence-corrected chi connectivity index (χ1v) is 7.91. The van der Waals surface area contributed by atoms with E-state index in [1.807, 2.05) is 0 Å². The van der Waals surface area contributed by atoms with Gasteiger partial charge in [0.1, 0.15) is 0 Å². The zero-order valence-corrected chi connectivity index (χ0v) is 17.1. The molecule has 0 aromatic rings. The Balaban J connectivity index is 0.00000220. The van der Waals surface area contributed by atoms with Gasteiger partial charge in [-0.05, 0) is 19.9 Å². The Labute approximate surface area is 171 Å². The van der Waals surface area contributed by atoms with E-state index in [2.05, 4.69) is 23.8 Å². The third kappa shape index (κ3) is 5.78. The van der Waals surface area contributed by atoms with Crippen LogP contribution in [-0.2, 0) is 9.47 Å². The Morgan fingerprint density at radius 1 is 1.33 bits per heavy atom. The van der Waals surface area contributed by atoms with Gasteiger partial charge in [-0.1, -0.05) is 13.3 Å². The Hall–Kier alpha value is 1.44. The number of nitrogens with zero attached hydrogens (tertiary/aromatic N) is 2. The second kappa shape index (κ2) is 10.3. The number of morpholine rings is 1. The fourth-order valence-electron chi connectivity index (χ4n) is 3.43. The molecule has 0 aliphatic carbocycles. The maximum atomic E-state index is 11.6. The molecule has 0 aromatic carbocycles. The maximum Gasteiger partial charge on any atom is 1.00 e. The van der Waals surface area contributed by atoms with E-state index in [9.17, 15) is 5.11 Å². The summed E-state index contributed by atoms with van der Waals surface area (Å²) in [6.45, 7) is 8.46. The minimum Gasteiger partial charge on any atom is -0.853 e. The van der Waals surface area contributed by atoms with E-state index in [1.54, 1.807) is 0 Å². The molecule has 2 fully saturated rings. The molecule has 0 amide bonds. The molecule has 0 saturated carbocycles. The van der Waals surface area contributed by atoms with Crippen LogP contribution >= 0.6 is 0 Å². The fraction of sp³-hybridized carbons (Fsp3) is 1.00. The molecule has 2 aliphatic rings. The van der Waals surface area contributed by atoms with Crippen molar-refractivity contribution in [2.45, 2.75) is 37.8 Å². The molecule has 0 spiro atoms. The third-order valence-electron chi connectivity index (χ3n) is 4.74. The van der Waals surface area contributed by atoms with E-state index in [0.29, 0.717) is 0 Å². The Kier molecular flexibility index (Phi) is 10.1. The average molecular weight is 325 g/mol. The van der Waals surface area contributed by atoms with Crippen LogP contribution < -0.4 is 56.5 Å². The maximum absolute atomic E-state index is 11.6. The summed E-state index contributed by atoms with van der Waals surface area (Å²) < 4.78 is 11.4. The monoisotopic (exact) mass is 324 g/mol. The Bertz CT molecular complexity index is 290. The molecule has 5 nitrogen and oxygen atoms in total. The van der Waals surface area contributed by atoms with Crippen LogP contribution in [-0.4, -0.2) is 81.1 Å². The van der Waals surface area contributed by atoms with Gasteiger partial charge >= 0.3 is 51.4 Å². The molecule has 6 heteroatoms. The molecule has 2 rings (SSSR count). The van der Waals surface area contributed by atoms with Crippen molar-refractivity contribution in [1.29, 1.82) is 0 Å². The summed E-state index contributed by atoms with van der Waals surface area (Å²) in [4.78, 5) is 4.61. The van der Waals surface area contributed by atoms with E-state index in [-0.39, 0.29) is 69.6 Å². The van der Waals surface area contributed by atoms with Gasteiger partial charge in [0, 0.05) is 31.7 Å².